The number of piperidine rings is 1. The smallest absolute Gasteiger partial charge is 0.222 e. The van der Waals surface area contributed by atoms with Crippen LogP contribution in [0.2, 0.25) is 0 Å². The highest BCUT2D eigenvalue weighted by molar-refractivity contribution is 7.17. The van der Waals surface area contributed by atoms with E-state index in [0.717, 1.165) is 46.5 Å². The summed E-state index contributed by atoms with van der Waals surface area (Å²) in [5, 5.41) is 3.20. The number of carbonyl (C=O) groups is 1. The fourth-order valence-electron chi connectivity index (χ4n) is 3.33. The molecule has 1 saturated heterocycles. The third-order valence-electron chi connectivity index (χ3n) is 4.56. The molecule has 1 aliphatic heterocycles. The van der Waals surface area contributed by atoms with Crippen molar-refractivity contribution in [3.63, 3.8) is 0 Å². The van der Waals surface area contributed by atoms with E-state index in [9.17, 15) is 4.79 Å². The molecule has 1 fully saturated rings. The van der Waals surface area contributed by atoms with Crippen LogP contribution in [0.1, 0.15) is 12.8 Å². The van der Waals surface area contributed by atoms with Crippen LogP contribution in [0.3, 0.4) is 0 Å². The van der Waals surface area contributed by atoms with Crippen molar-refractivity contribution in [1.82, 2.24) is 9.97 Å². The predicted molar refractivity (Wildman–Crippen MR) is 97.0 cm³/mol. The number of hydrogen-bond acceptors (Lipinski definition) is 5. The molecule has 24 heavy (non-hydrogen) atoms. The number of benzene rings is 1. The van der Waals surface area contributed by atoms with E-state index in [0.29, 0.717) is 6.54 Å². The molecule has 4 rings (SSSR count). The lowest BCUT2D eigenvalue weighted by molar-refractivity contribution is -0.122. The Morgan fingerprint density at radius 3 is 2.88 bits per heavy atom. The quantitative estimate of drug-likeness (QED) is 0.797. The minimum atomic E-state index is -0.224. The first-order chi connectivity index (χ1) is 11.7. The fraction of sp³-hybridized carbons (Fsp3) is 0.278. The molecule has 0 saturated carbocycles. The minimum Gasteiger partial charge on any atom is -0.369 e. The number of hydrogen-bond donors (Lipinski definition) is 1. The molecule has 1 aliphatic rings. The van der Waals surface area contributed by atoms with Gasteiger partial charge in [0.2, 0.25) is 5.91 Å². The zero-order chi connectivity index (χ0) is 16.5. The zero-order valence-corrected chi connectivity index (χ0v) is 14.0. The Labute approximate surface area is 144 Å². The van der Waals surface area contributed by atoms with Gasteiger partial charge in [0, 0.05) is 24.0 Å². The third kappa shape index (κ3) is 2.63. The molecule has 122 valence electrons. The van der Waals surface area contributed by atoms with Gasteiger partial charge in [0.1, 0.15) is 17.0 Å². The normalized spacial score (nSPS) is 18.0. The SMILES string of the molecule is NC(=O)C1CCCN(c2ncnc3scc(-c4ccccc4)c23)C1. The van der Waals surface area contributed by atoms with Gasteiger partial charge in [-0.15, -0.1) is 11.3 Å². The van der Waals surface area contributed by atoms with Crippen molar-refractivity contribution < 1.29 is 4.79 Å². The van der Waals surface area contributed by atoms with Gasteiger partial charge in [-0.3, -0.25) is 4.79 Å². The summed E-state index contributed by atoms with van der Waals surface area (Å²) in [6, 6.07) is 10.3. The first-order valence-electron chi connectivity index (χ1n) is 8.06. The van der Waals surface area contributed by atoms with Crippen LogP contribution < -0.4 is 10.6 Å². The molecule has 6 heteroatoms. The predicted octanol–water partition coefficient (Wildman–Crippen LogP) is 3.06. The second-order valence-corrected chi connectivity index (χ2v) is 6.94. The number of fused-ring (bicyclic) bond motifs is 1. The van der Waals surface area contributed by atoms with Gasteiger partial charge in [-0.05, 0) is 18.4 Å². The molecule has 1 aromatic carbocycles. The molecule has 0 bridgehead atoms. The van der Waals surface area contributed by atoms with Crippen LogP contribution in [0, 0.1) is 5.92 Å². The van der Waals surface area contributed by atoms with Gasteiger partial charge in [0.25, 0.3) is 0 Å². The van der Waals surface area contributed by atoms with Crippen molar-refractivity contribution in [2.45, 2.75) is 12.8 Å². The summed E-state index contributed by atoms with van der Waals surface area (Å²) in [7, 11) is 0. The standard InChI is InChI=1S/C18H18N4OS/c19-16(23)13-7-4-8-22(9-13)17-15-14(12-5-2-1-3-6-12)10-24-18(15)21-11-20-17/h1-3,5-6,10-11,13H,4,7-9H2,(H2,19,23). The Kier molecular flexibility index (Phi) is 3.90. The average molecular weight is 338 g/mol. The Balaban J connectivity index is 1.81. The summed E-state index contributed by atoms with van der Waals surface area (Å²) in [5.74, 6) is 0.576. The Hall–Kier alpha value is -2.47. The van der Waals surface area contributed by atoms with Gasteiger partial charge < -0.3 is 10.6 Å². The molecule has 5 nitrogen and oxygen atoms in total. The van der Waals surface area contributed by atoms with Gasteiger partial charge in [-0.2, -0.15) is 0 Å². The maximum absolute atomic E-state index is 11.6. The van der Waals surface area contributed by atoms with Crippen LogP contribution >= 0.6 is 11.3 Å². The first-order valence-corrected chi connectivity index (χ1v) is 8.94. The molecular formula is C18H18N4OS. The van der Waals surface area contributed by atoms with Crippen LogP contribution in [-0.2, 0) is 4.79 Å². The van der Waals surface area contributed by atoms with Gasteiger partial charge in [-0.1, -0.05) is 30.3 Å². The number of anilines is 1. The van der Waals surface area contributed by atoms with Gasteiger partial charge in [0.15, 0.2) is 0 Å². The number of amides is 1. The number of rotatable bonds is 3. The van der Waals surface area contributed by atoms with Crippen molar-refractivity contribution in [2.24, 2.45) is 11.7 Å². The van der Waals surface area contributed by atoms with E-state index in [1.165, 1.54) is 0 Å². The molecule has 0 spiro atoms. The zero-order valence-electron chi connectivity index (χ0n) is 13.2. The first kappa shape index (κ1) is 15.1. The van der Waals surface area contributed by atoms with E-state index in [1.54, 1.807) is 17.7 Å². The van der Waals surface area contributed by atoms with E-state index < -0.39 is 0 Å². The van der Waals surface area contributed by atoms with Crippen LogP contribution in [-0.4, -0.2) is 29.0 Å². The lowest BCUT2D eigenvalue weighted by Crippen LogP contribution is -2.41. The van der Waals surface area contributed by atoms with Gasteiger partial charge in [-0.25, -0.2) is 9.97 Å². The maximum Gasteiger partial charge on any atom is 0.222 e. The summed E-state index contributed by atoms with van der Waals surface area (Å²) < 4.78 is 0. The molecule has 1 atom stereocenters. The Morgan fingerprint density at radius 2 is 2.08 bits per heavy atom. The molecule has 1 amide bonds. The highest BCUT2D eigenvalue weighted by Gasteiger charge is 2.27. The number of carbonyl (C=O) groups excluding carboxylic acids is 1. The van der Waals surface area contributed by atoms with Gasteiger partial charge >= 0.3 is 0 Å². The molecule has 2 N–H and O–H groups in total. The highest BCUT2D eigenvalue weighted by atomic mass is 32.1. The minimum absolute atomic E-state index is 0.109. The fourth-order valence-corrected chi connectivity index (χ4v) is 4.24. The topological polar surface area (TPSA) is 72.1 Å². The van der Waals surface area contributed by atoms with Crippen molar-refractivity contribution in [3.8, 4) is 11.1 Å². The lowest BCUT2D eigenvalue weighted by atomic mass is 9.97. The van der Waals surface area contributed by atoms with Crippen LogP contribution in [0.25, 0.3) is 21.3 Å². The lowest BCUT2D eigenvalue weighted by Gasteiger charge is -2.32. The highest BCUT2D eigenvalue weighted by Crippen LogP contribution is 2.38. The average Bonchev–Trinajstić information content (AvgIpc) is 3.07. The summed E-state index contributed by atoms with van der Waals surface area (Å²) in [6.07, 6.45) is 3.41. The number of nitrogens with two attached hydrogens (primary N) is 1. The van der Waals surface area contributed by atoms with E-state index in [-0.39, 0.29) is 11.8 Å². The number of thiophene rings is 1. The number of aromatic nitrogens is 2. The van der Waals surface area contributed by atoms with E-state index in [4.69, 9.17) is 5.73 Å². The van der Waals surface area contributed by atoms with Crippen molar-refractivity contribution in [1.29, 1.82) is 0 Å². The molecule has 0 aliphatic carbocycles. The molecule has 0 radical (unpaired) electrons. The van der Waals surface area contributed by atoms with Crippen molar-refractivity contribution in [3.05, 3.63) is 42.0 Å². The molecule has 3 heterocycles. The largest absolute Gasteiger partial charge is 0.369 e. The number of primary amides is 1. The summed E-state index contributed by atoms with van der Waals surface area (Å²) in [4.78, 5) is 23.7. The van der Waals surface area contributed by atoms with Crippen LogP contribution in [0.4, 0.5) is 5.82 Å². The van der Waals surface area contributed by atoms with E-state index in [1.807, 2.05) is 18.2 Å². The van der Waals surface area contributed by atoms with Crippen molar-refractivity contribution >= 4 is 33.3 Å². The summed E-state index contributed by atoms with van der Waals surface area (Å²) in [6.45, 7) is 1.52. The van der Waals surface area contributed by atoms with E-state index in [2.05, 4.69) is 32.4 Å². The number of nitrogens with zero attached hydrogens (tertiary/aromatic N) is 3. The molecule has 1 unspecified atom stereocenters. The third-order valence-corrected chi connectivity index (χ3v) is 5.44. The van der Waals surface area contributed by atoms with Crippen molar-refractivity contribution in [2.75, 3.05) is 18.0 Å². The molecule has 2 aromatic heterocycles. The maximum atomic E-state index is 11.6. The van der Waals surface area contributed by atoms with E-state index >= 15 is 0 Å². The molecule has 3 aromatic rings. The Morgan fingerprint density at radius 1 is 1.25 bits per heavy atom. The summed E-state index contributed by atoms with van der Waals surface area (Å²) in [5.41, 5.74) is 7.83. The molecular weight excluding hydrogens is 320 g/mol. The van der Waals surface area contributed by atoms with Crippen LogP contribution in [0.5, 0.6) is 0 Å². The summed E-state index contributed by atoms with van der Waals surface area (Å²) >= 11 is 1.62. The second-order valence-electron chi connectivity index (χ2n) is 6.08. The monoisotopic (exact) mass is 338 g/mol. The second kappa shape index (κ2) is 6.20. The van der Waals surface area contributed by atoms with Crippen LogP contribution in [0.15, 0.2) is 42.0 Å². The Bertz CT molecular complexity index is 877. The van der Waals surface area contributed by atoms with Gasteiger partial charge in [0.05, 0.1) is 11.3 Å².